The van der Waals surface area contributed by atoms with Gasteiger partial charge in [-0.25, -0.2) is 4.79 Å². The minimum absolute atomic E-state index is 0.00699. The molecular weight excluding hydrogens is 545 g/mol. The van der Waals surface area contributed by atoms with Crippen LogP contribution in [-0.4, -0.2) is 42.0 Å². The summed E-state index contributed by atoms with van der Waals surface area (Å²) in [6, 6.07) is 21.5. The molecule has 1 amide bonds. The van der Waals surface area contributed by atoms with Crippen LogP contribution in [0.5, 0.6) is 0 Å². The van der Waals surface area contributed by atoms with Gasteiger partial charge in [0.15, 0.2) is 0 Å². The molecule has 3 heterocycles. The van der Waals surface area contributed by atoms with Crippen molar-refractivity contribution >= 4 is 40.8 Å². The van der Waals surface area contributed by atoms with Gasteiger partial charge in [0, 0.05) is 51.9 Å². The Kier molecular flexibility index (Phi) is 6.43. The van der Waals surface area contributed by atoms with Crippen LogP contribution in [0.1, 0.15) is 65.2 Å². The van der Waals surface area contributed by atoms with Gasteiger partial charge in [-0.2, -0.15) is 0 Å². The normalized spacial score (nSPS) is 28.9. The van der Waals surface area contributed by atoms with Crippen molar-refractivity contribution in [2.45, 2.75) is 55.8 Å². The number of carbonyl (C=O) groups excluding carboxylic acids is 2. The maximum atomic E-state index is 14.3. The molecule has 3 aromatic carbocycles. The number of ether oxygens (including phenoxy) is 1. The van der Waals surface area contributed by atoms with Crippen LogP contribution in [0, 0.1) is 5.92 Å². The fraction of sp³-hybridized carbons (Fsp3) is 0.375. The highest BCUT2D eigenvalue weighted by Gasteiger charge is 2.68. The summed E-state index contributed by atoms with van der Waals surface area (Å²) in [7, 11) is 0. The minimum Gasteiger partial charge on any atom is -0.462 e. The lowest BCUT2D eigenvalue weighted by atomic mass is 9.74. The standard InChI is InChI=1S/C32H31Cl2N3O3/c1-2-40-30(38)21-7-3-5-19(13-21)25-16-27-29(35-25)28(20-6-4-8-22(33)14-20)32(37(27)17-18-9-10-18)24-12-11-23(34)15-26(24)36-31(32)39/h3-8,11-15,18,25,27-29,35H,2,9-10,16-17H2,1H3,(H,36,39)/t25-,27-,28-,29+,32+/m0/s1. The predicted octanol–water partition coefficient (Wildman–Crippen LogP) is 6.30. The van der Waals surface area contributed by atoms with Gasteiger partial charge in [0.05, 0.1) is 12.2 Å². The van der Waals surface area contributed by atoms with Crippen LogP contribution in [0.4, 0.5) is 5.69 Å². The molecule has 2 N–H and O–H groups in total. The number of fused-ring (bicyclic) bond motifs is 3. The van der Waals surface area contributed by atoms with E-state index in [4.69, 9.17) is 27.9 Å². The van der Waals surface area contributed by atoms with Gasteiger partial charge in [-0.1, -0.05) is 53.5 Å². The van der Waals surface area contributed by atoms with Gasteiger partial charge >= 0.3 is 5.97 Å². The Morgan fingerprint density at radius 1 is 1.02 bits per heavy atom. The first kappa shape index (κ1) is 26.0. The first-order valence-electron chi connectivity index (χ1n) is 14.1. The summed E-state index contributed by atoms with van der Waals surface area (Å²) in [5.74, 6) is 0.0700. The summed E-state index contributed by atoms with van der Waals surface area (Å²) in [6.45, 7) is 3.00. The summed E-state index contributed by atoms with van der Waals surface area (Å²) >= 11 is 12.9. The molecule has 1 spiro atoms. The highest BCUT2D eigenvalue weighted by atomic mass is 35.5. The number of nitrogens with one attached hydrogen (secondary N) is 2. The quantitative estimate of drug-likeness (QED) is 0.337. The van der Waals surface area contributed by atoms with Crippen molar-refractivity contribution in [3.05, 3.63) is 99.0 Å². The number of benzene rings is 3. The third kappa shape index (κ3) is 4.07. The van der Waals surface area contributed by atoms with Crippen LogP contribution in [0.2, 0.25) is 10.0 Å². The molecule has 3 aromatic rings. The predicted molar refractivity (Wildman–Crippen MR) is 156 cm³/mol. The average Bonchev–Trinajstić information content (AvgIpc) is 3.50. The number of hydrogen-bond donors (Lipinski definition) is 2. The zero-order valence-electron chi connectivity index (χ0n) is 22.2. The number of likely N-dealkylation sites (tertiary alicyclic amines) is 1. The SMILES string of the molecule is CCOC(=O)c1cccc([C@@H]2C[C@H]3[C@@H](N2)[C@H](c2cccc(Cl)c2)[C@]2(C(=O)Nc4cc(Cl)ccc42)N3CC2CC2)c1. The maximum Gasteiger partial charge on any atom is 0.338 e. The summed E-state index contributed by atoms with van der Waals surface area (Å²) in [5.41, 5.74) is 3.51. The number of hydrogen-bond acceptors (Lipinski definition) is 5. The van der Waals surface area contributed by atoms with Gasteiger partial charge in [-0.3, -0.25) is 9.69 Å². The van der Waals surface area contributed by atoms with Crippen molar-refractivity contribution in [3.8, 4) is 0 Å². The van der Waals surface area contributed by atoms with Crippen molar-refractivity contribution in [2.75, 3.05) is 18.5 Å². The summed E-state index contributed by atoms with van der Waals surface area (Å²) in [6.07, 6.45) is 3.18. The Hall–Kier alpha value is -2.90. The topological polar surface area (TPSA) is 70.7 Å². The zero-order valence-corrected chi connectivity index (χ0v) is 23.7. The van der Waals surface area contributed by atoms with Gasteiger partial charge in [-0.05, 0) is 79.6 Å². The van der Waals surface area contributed by atoms with E-state index < -0.39 is 5.54 Å². The molecule has 2 saturated heterocycles. The second-order valence-corrected chi connectivity index (χ2v) is 12.3. The highest BCUT2D eigenvalue weighted by Crippen LogP contribution is 2.61. The van der Waals surface area contributed by atoms with Crippen LogP contribution in [-0.2, 0) is 15.1 Å². The Labute approximate surface area is 244 Å². The van der Waals surface area contributed by atoms with Crippen LogP contribution in [0.25, 0.3) is 0 Å². The smallest absolute Gasteiger partial charge is 0.338 e. The van der Waals surface area contributed by atoms with Crippen molar-refractivity contribution in [1.82, 2.24) is 10.2 Å². The minimum atomic E-state index is -0.882. The van der Waals surface area contributed by atoms with Crippen LogP contribution in [0.3, 0.4) is 0 Å². The molecule has 0 aromatic heterocycles. The van der Waals surface area contributed by atoms with Gasteiger partial charge < -0.3 is 15.4 Å². The Balaban J connectivity index is 1.35. The molecule has 7 rings (SSSR count). The third-order valence-corrected chi connectivity index (χ3v) is 9.56. The molecule has 40 heavy (non-hydrogen) atoms. The Bertz CT molecular complexity index is 1510. The number of esters is 1. The summed E-state index contributed by atoms with van der Waals surface area (Å²) < 4.78 is 5.26. The van der Waals surface area contributed by atoms with E-state index in [0.29, 0.717) is 28.1 Å². The number of halogens is 2. The average molecular weight is 577 g/mol. The van der Waals surface area contributed by atoms with Gasteiger partial charge in [0.25, 0.3) is 0 Å². The molecular formula is C32H31Cl2N3O3. The lowest BCUT2D eigenvalue weighted by Gasteiger charge is -2.41. The monoisotopic (exact) mass is 575 g/mol. The van der Waals surface area contributed by atoms with E-state index in [9.17, 15) is 9.59 Å². The lowest BCUT2D eigenvalue weighted by Crippen LogP contribution is -2.53. The third-order valence-electron chi connectivity index (χ3n) is 9.09. The molecule has 3 aliphatic heterocycles. The molecule has 6 nitrogen and oxygen atoms in total. The largest absolute Gasteiger partial charge is 0.462 e. The van der Waals surface area contributed by atoms with E-state index in [-0.39, 0.29) is 35.9 Å². The second kappa shape index (κ2) is 9.88. The van der Waals surface area contributed by atoms with Crippen molar-refractivity contribution in [1.29, 1.82) is 0 Å². The first-order chi connectivity index (χ1) is 19.4. The van der Waals surface area contributed by atoms with Crippen LogP contribution < -0.4 is 10.6 Å². The van der Waals surface area contributed by atoms with E-state index in [1.807, 2.05) is 55.5 Å². The van der Waals surface area contributed by atoms with Crippen molar-refractivity contribution in [2.24, 2.45) is 5.92 Å². The number of anilines is 1. The highest BCUT2D eigenvalue weighted by molar-refractivity contribution is 6.31. The van der Waals surface area contributed by atoms with E-state index in [1.165, 1.54) is 12.8 Å². The number of nitrogens with zero attached hydrogens (tertiary/aromatic N) is 1. The van der Waals surface area contributed by atoms with Gasteiger partial charge in [0.1, 0.15) is 5.54 Å². The molecule has 1 saturated carbocycles. The van der Waals surface area contributed by atoms with E-state index in [2.05, 4.69) is 27.7 Å². The lowest BCUT2D eigenvalue weighted by molar-refractivity contribution is -0.128. The van der Waals surface area contributed by atoms with Crippen LogP contribution in [0.15, 0.2) is 66.7 Å². The Morgan fingerprint density at radius 2 is 1.80 bits per heavy atom. The summed E-state index contributed by atoms with van der Waals surface area (Å²) in [4.78, 5) is 29.3. The first-order valence-corrected chi connectivity index (χ1v) is 14.8. The molecule has 4 aliphatic rings. The van der Waals surface area contributed by atoms with E-state index in [1.54, 1.807) is 6.07 Å². The van der Waals surface area contributed by atoms with Crippen LogP contribution >= 0.6 is 23.2 Å². The molecule has 8 heteroatoms. The van der Waals surface area contributed by atoms with Gasteiger partial charge in [-0.15, -0.1) is 0 Å². The molecule has 0 unspecified atom stereocenters. The van der Waals surface area contributed by atoms with Gasteiger partial charge in [0.2, 0.25) is 5.91 Å². The van der Waals surface area contributed by atoms with Crippen molar-refractivity contribution in [3.63, 3.8) is 0 Å². The van der Waals surface area contributed by atoms with E-state index >= 15 is 0 Å². The molecule has 3 fully saturated rings. The maximum absolute atomic E-state index is 14.3. The molecule has 0 bridgehead atoms. The summed E-state index contributed by atoms with van der Waals surface area (Å²) in [5, 5.41) is 8.37. The fourth-order valence-electron chi connectivity index (χ4n) is 7.36. The number of carbonyl (C=O) groups is 2. The Morgan fingerprint density at radius 3 is 2.58 bits per heavy atom. The molecule has 0 radical (unpaired) electrons. The second-order valence-electron chi connectivity index (χ2n) is 11.4. The molecule has 206 valence electrons. The van der Waals surface area contributed by atoms with Crippen molar-refractivity contribution < 1.29 is 14.3 Å². The van der Waals surface area contributed by atoms with E-state index in [0.717, 1.165) is 35.3 Å². The molecule has 5 atom stereocenters. The molecule has 1 aliphatic carbocycles. The fourth-order valence-corrected chi connectivity index (χ4v) is 7.73. The number of amides is 1. The zero-order chi connectivity index (χ0) is 27.6. The number of rotatable bonds is 6.